The highest BCUT2D eigenvalue weighted by Crippen LogP contribution is 2.06. The fourth-order valence-electron chi connectivity index (χ4n) is 1.20. The van der Waals surface area contributed by atoms with Gasteiger partial charge in [-0.3, -0.25) is 4.90 Å². The van der Waals surface area contributed by atoms with Crippen LogP contribution < -0.4 is 5.73 Å². The molecule has 0 bridgehead atoms. The largest absolute Gasteiger partial charge is 0.392 e. The molecule has 0 aromatic heterocycles. The summed E-state index contributed by atoms with van der Waals surface area (Å²) in [6.07, 6.45) is 0.816. The summed E-state index contributed by atoms with van der Waals surface area (Å²) in [7, 11) is 0. The van der Waals surface area contributed by atoms with Crippen molar-refractivity contribution in [1.29, 1.82) is 0 Å². The molecular weight excluding hydrogens is 187 g/mol. The van der Waals surface area contributed by atoms with E-state index in [0.717, 1.165) is 26.1 Å². The summed E-state index contributed by atoms with van der Waals surface area (Å²) in [6, 6.07) is 0. The first-order chi connectivity index (χ1) is 4.33. The molecule has 0 spiro atoms. The molecule has 0 aromatic carbocycles. The second-order valence-electron chi connectivity index (χ2n) is 2.53. The number of nitrogens with zero attached hydrogens (tertiary/aromatic N) is 1. The normalized spacial score (nSPS) is 24.0. The Balaban J connectivity index is 0. The van der Waals surface area contributed by atoms with Crippen LogP contribution >= 0.6 is 24.8 Å². The van der Waals surface area contributed by atoms with E-state index < -0.39 is 0 Å². The summed E-state index contributed by atoms with van der Waals surface area (Å²) in [5, 5.41) is 9.04. The van der Waals surface area contributed by atoms with Crippen LogP contribution in [0.2, 0.25) is 0 Å². The van der Waals surface area contributed by atoms with Crippen LogP contribution in [0, 0.1) is 0 Å². The molecule has 1 fully saturated rings. The number of halogens is 2. The van der Waals surface area contributed by atoms with Crippen molar-refractivity contribution in [3.8, 4) is 0 Å². The number of aliphatic hydroxyl groups excluding tert-OH is 1. The van der Waals surface area contributed by atoms with Crippen molar-refractivity contribution in [1.82, 2.24) is 4.90 Å². The van der Waals surface area contributed by atoms with Gasteiger partial charge in [0.1, 0.15) is 0 Å². The summed E-state index contributed by atoms with van der Waals surface area (Å²) < 4.78 is 0. The first-order valence-electron chi connectivity index (χ1n) is 3.43. The van der Waals surface area contributed by atoms with Crippen molar-refractivity contribution >= 4 is 24.8 Å². The van der Waals surface area contributed by atoms with Crippen LogP contribution in [0.15, 0.2) is 0 Å². The summed E-state index contributed by atoms with van der Waals surface area (Å²) in [5.74, 6) is 0. The summed E-state index contributed by atoms with van der Waals surface area (Å²) in [6.45, 7) is 3.46. The first kappa shape index (κ1) is 14.0. The minimum Gasteiger partial charge on any atom is -0.392 e. The van der Waals surface area contributed by atoms with E-state index in [2.05, 4.69) is 4.90 Å². The van der Waals surface area contributed by atoms with Crippen LogP contribution in [0.25, 0.3) is 0 Å². The van der Waals surface area contributed by atoms with Crippen LogP contribution in [-0.4, -0.2) is 42.3 Å². The van der Waals surface area contributed by atoms with Gasteiger partial charge in [-0.25, -0.2) is 0 Å². The maximum Gasteiger partial charge on any atom is 0.0679 e. The third kappa shape index (κ3) is 4.82. The number of aliphatic hydroxyl groups is 1. The number of rotatable bonds is 2. The molecular formula is C6H16Cl2N2O. The van der Waals surface area contributed by atoms with Gasteiger partial charge in [-0.1, -0.05) is 0 Å². The highest BCUT2D eigenvalue weighted by molar-refractivity contribution is 5.85. The van der Waals surface area contributed by atoms with Crippen molar-refractivity contribution in [3.05, 3.63) is 0 Å². The van der Waals surface area contributed by atoms with Crippen LogP contribution in [0.5, 0.6) is 0 Å². The Morgan fingerprint density at radius 2 is 2.09 bits per heavy atom. The Morgan fingerprint density at radius 3 is 2.45 bits per heavy atom. The molecule has 5 heteroatoms. The van der Waals surface area contributed by atoms with Gasteiger partial charge in [-0.2, -0.15) is 0 Å². The average molecular weight is 203 g/mol. The summed E-state index contributed by atoms with van der Waals surface area (Å²) >= 11 is 0. The molecule has 0 unspecified atom stereocenters. The predicted molar refractivity (Wildman–Crippen MR) is 50.6 cm³/mol. The van der Waals surface area contributed by atoms with Crippen LogP contribution in [0.1, 0.15) is 6.42 Å². The highest BCUT2D eigenvalue weighted by Gasteiger charge is 2.18. The van der Waals surface area contributed by atoms with E-state index in [1.807, 2.05) is 0 Å². The summed E-state index contributed by atoms with van der Waals surface area (Å²) in [4.78, 5) is 2.19. The molecule has 1 heterocycles. The predicted octanol–water partition coefficient (Wildman–Crippen LogP) is -0.145. The van der Waals surface area contributed by atoms with Gasteiger partial charge < -0.3 is 10.8 Å². The van der Waals surface area contributed by atoms with Gasteiger partial charge in [0.15, 0.2) is 0 Å². The Bertz CT molecular complexity index is 92.7. The lowest BCUT2D eigenvalue weighted by molar-refractivity contribution is 0.177. The quantitative estimate of drug-likeness (QED) is 0.656. The molecule has 1 aliphatic rings. The Hall–Kier alpha value is 0.460. The van der Waals surface area contributed by atoms with E-state index >= 15 is 0 Å². The molecule has 0 amide bonds. The standard InChI is InChI=1S/C6H14N2O.2ClH/c7-2-4-8-3-1-6(9)5-8;;/h6,9H,1-5,7H2;2*1H/t6-;;/m1../s1. The monoisotopic (exact) mass is 202 g/mol. The van der Waals surface area contributed by atoms with E-state index in [1.165, 1.54) is 0 Å². The zero-order chi connectivity index (χ0) is 6.69. The number of hydrogen-bond donors (Lipinski definition) is 2. The Labute approximate surface area is 79.8 Å². The number of β-amino-alcohol motifs (C(OH)–C–C–N with tert-alkyl or cyclic N) is 1. The molecule has 3 N–H and O–H groups in total. The Morgan fingerprint density at radius 1 is 1.45 bits per heavy atom. The zero-order valence-electron chi connectivity index (χ0n) is 6.40. The van der Waals surface area contributed by atoms with Gasteiger partial charge in [0.2, 0.25) is 0 Å². The summed E-state index contributed by atoms with van der Waals surface area (Å²) in [5.41, 5.74) is 5.33. The van der Waals surface area contributed by atoms with E-state index in [0.29, 0.717) is 6.54 Å². The third-order valence-electron chi connectivity index (χ3n) is 1.69. The SMILES string of the molecule is Cl.Cl.NCCN1CC[C@@H](O)C1. The molecule has 1 rings (SSSR count). The minimum absolute atomic E-state index is 0. The van der Waals surface area contributed by atoms with E-state index in [-0.39, 0.29) is 30.9 Å². The molecule has 3 nitrogen and oxygen atoms in total. The molecule has 0 aromatic rings. The fraction of sp³-hybridized carbons (Fsp3) is 1.00. The molecule has 1 aliphatic heterocycles. The lowest BCUT2D eigenvalue weighted by atomic mass is 10.3. The minimum atomic E-state index is -0.100. The zero-order valence-corrected chi connectivity index (χ0v) is 8.03. The Kier molecular flexibility index (Phi) is 9.08. The van der Waals surface area contributed by atoms with E-state index in [9.17, 15) is 0 Å². The molecule has 0 saturated carbocycles. The number of hydrogen-bond acceptors (Lipinski definition) is 3. The van der Waals surface area contributed by atoms with Gasteiger partial charge in [-0.05, 0) is 6.42 Å². The van der Waals surface area contributed by atoms with Crippen molar-refractivity contribution in [2.24, 2.45) is 5.73 Å². The lowest BCUT2D eigenvalue weighted by Crippen LogP contribution is -2.27. The molecule has 1 saturated heterocycles. The van der Waals surface area contributed by atoms with Gasteiger partial charge >= 0.3 is 0 Å². The van der Waals surface area contributed by atoms with E-state index in [1.54, 1.807) is 0 Å². The van der Waals surface area contributed by atoms with Crippen molar-refractivity contribution in [3.63, 3.8) is 0 Å². The number of likely N-dealkylation sites (tertiary alicyclic amines) is 1. The molecule has 1 atom stereocenters. The smallest absolute Gasteiger partial charge is 0.0679 e. The van der Waals surface area contributed by atoms with Crippen molar-refractivity contribution < 1.29 is 5.11 Å². The maximum absolute atomic E-state index is 9.04. The van der Waals surface area contributed by atoms with Gasteiger partial charge in [0.05, 0.1) is 6.10 Å². The van der Waals surface area contributed by atoms with Gasteiger partial charge in [0, 0.05) is 26.2 Å². The van der Waals surface area contributed by atoms with E-state index in [4.69, 9.17) is 10.8 Å². The molecule has 70 valence electrons. The van der Waals surface area contributed by atoms with Crippen molar-refractivity contribution in [2.75, 3.05) is 26.2 Å². The average Bonchev–Trinajstić information content (AvgIpc) is 2.17. The lowest BCUT2D eigenvalue weighted by Gasteiger charge is -2.11. The van der Waals surface area contributed by atoms with Crippen LogP contribution in [0.3, 0.4) is 0 Å². The van der Waals surface area contributed by atoms with Crippen LogP contribution in [0.4, 0.5) is 0 Å². The molecule has 0 aliphatic carbocycles. The van der Waals surface area contributed by atoms with Crippen LogP contribution in [-0.2, 0) is 0 Å². The molecule has 11 heavy (non-hydrogen) atoms. The first-order valence-corrected chi connectivity index (χ1v) is 3.43. The maximum atomic E-state index is 9.04. The van der Waals surface area contributed by atoms with Crippen molar-refractivity contribution in [2.45, 2.75) is 12.5 Å². The number of nitrogens with two attached hydrogens (primary N) is 1. The highest BCUT2D eigenvalue weighted by atomic mass is 35.5. The topological polar surface area (TPSA) is 49.5 Å². The van der Waals surface area contributed by atoms with Gasteiger partial charge in [-0.15, -0.1) is 24.8 Å². The van der Waals surface area contributed by atoms with Gasteiger partial charge in [0.25, 0.3) is 0 Å². The third-order valence-corrected chi connectivity index (χ3v) is 1.69. The molecule has 0 radical (unpaired) electrons. The second-order valence-corrected chi connectivity index (χ2v) is 2.53. The fourth-order valence-corrected chi connectivity index (χ4v) is 1.20. The second kappa shape index (κ2) is 7.13.